The fraction of sp³-hybridized carbons (Fsp3) is 0.316. The van der Waals surface area contributed by atoms with Gasteiger partial charge in [-0.3, -0.25) is 14.4 Å². The minimum absolute atomic E-state index is 0.0416. The van der Waals surface area contributed by atoms with E-state index in [1.807, 2.05) is 13.8 Å². The molecule has 0 spiro atoms. The number of nitrogens with one attached hydrogen (secondary N) is 2. The molecule has 1 aromatic carbocycles. The zero-order valence-electron chi connectivity index (χ0n) is 14.2. The maximum atomic E-state index is 12.4. The van der Waals surface area contributed by atoms with Crippen molar-refractivity contribution in [1.82, 2.24) is 4.98 Å². The third-order valence-corrected chi connectivity index (χ3v) is 4.18. The zero-order valence-corrected chi connectivity index (χ0v) is 14.2. The molecule has 130 valence electrons. The Morgan fingerprint density at radius 3 is 2.64 bits per heavy atom. The van der Waals surface area contributed by atoms with Gasteiger partial charge < -0.3 is 15.0 Å². The topological polar surface area (TPSA) is 88.3 Å². The summed E-state index contributed by atoms with van der Waals surface area (Å²) in [4.78, 5) is 39.5. The molecular formula is C19H20N2O4. The van der Waals surface area contributed by atoms with Crippen molar-refractivity contribution >= 4 is 17.4 Å². The lowest BCUT2D eigenvalue weighted by molar-refractivity contribution is 0.0952. The van der Waals surface area contributed by atoms with Gasteiger partial charge >= 0.3 is 0 Å². The van der Waals surface area contributed by atoms with E-state index in [9.17, 15) is 14.4 Å². The van der Waals surface area contributed by atoms with Gasteiger partial charge in [0.25, 0.3) is 11.5 Å². The van der Waals surface area contributed by atoms with Crippen LogP contribution in [-0.4, -0.2) is 23.3 Å². The molecule has 0 saturated heterocycles. The largest absolute Gasteiger partial charge is 0.494 e. The monoisotopic (exact) mass is 340 g/mol. The van der Waals surface area contributed by atoms with Gasteiger partial charge in [0.15, 0.2) is 5.78 Å². The molecule has 6 heteroatoms. The molecule has 0 fully saturated rings. The van der Waals surface area contributed by atoms with E-state index in [0.717, 1.165) is 0 Å². The van der Waals surface area contributed by atoms with Crippen molar-refractivity contribution < 1.29 is 14.3 Å². The van der Waals surface area contributed by atoms with Crippen LogP contribution in [0.1, 0.15) is 46.7 Å². The smallest absolute Gasteiger partial charge is 0.261 e. The van der Waals surface area contributed by atoms with Crippen molar-refractivity contribution in [3.63, 3.8) is 0 Å². The molecule has 1 atom stereocenters. The summed E-state index contributed by atoms with van der Waals surface area (Å²) in [7, 11) is 0. The molecule has 1 aliphatic rings. The highest BCUT2D eigenvalue weighted by atomic mass is 16.5. The minimum atomic E-state index is -0.542. The second kappa shape index (κ2) is 6.93. The SMILES string of the molecule is CCOc1ccc(NC(=O)c2cc3c([nH]c2=O)C[C@@H](C)CC3=O)cc1. The fourth-order valence-corrected chi connectivity index (χ4v) is 2.99. The van der Waals surface area contributed by atoms with Crippen LogP contribution in [0.25, 0.3) is 0 Å². The van der Waals surface area contributed by atoms with Crippen molar-refractivity contribution in [1.29, 1.82) is 0 Å². The molecule has 1 aliphatic carbocycles. The quantitative estimate of drug-likeness (QED) is 0.896. The lowest BCUT2D eigenvalue weighted by atomic mass is 9.86. The van der Waals surface area contributed by atoms with Crippen molar-refractivity contribution in [3.05, 3.63) is 57.5 Å². The number of aromatic amines is 1. The average molecular weight is 340 g/mol. The van der Waals surface area contributed by atoms with E-state index in [-0.39, 0.29) is 17.3 Å². The van der Waals surface area contributed by atoms with Crippen LogP contribution in [0.3, 0.4) is 0 Å². The summed E-state index contributed by atoms with van der Waals surface area (Å²) in [6.45, 7) is 4.41. The van der Waals surface area contributed by atoms with Gasteiger partial charge in [0.05, 0.1) is 6.61 Å². The first-order valence-electron chi connectivity index (χ1n) is 8.31. The van der Waals surface area contributed by atoms with Gasteiger partial charge in [-0.2, -0.15) is 0 Å². The number of pyridine rings is 1. The number of hydrogen-bond acceptors (Lipinski definition) is 4. The summed E-state index contributed by atoms with van der Waals surface area (Å²) in [5, 5.41) is 2.67. The third kappa shape index (κ3) is 3.63. The number of hydrogen-bond donors (Lipinski definition) is 2. The summed E-state index contributed by atoms with van der Waals surface area (Å²) in [5.41, 5.74) is 1.06. The van der Waals surface area contributed by atoms with E-state index in [1.54, 1.807) is 24.3 Å². The maximum Gasteiger partial charge on any atom is 0.261 e. The van der Waals surface area contributed by atoms with Crippen LogP contribution >= 0.6 is 0 Å². The summed E-state index contributed by atoms with van der Waals surface area (Å²) >= 11 is 0. The summed E-state index contributed by atoms with van der Waals surface area (Å²) in [5.74, 6) is 0.311. The Labute approximate surface area is 145 Å². The lowest BCUT2D eigenvalue weighted by Gasteiger charge is -2.20. The van der Waals surface area contributed by atoms with Crippen LogP contribution in [-0.2, 0) is 6.42 Å². The van der Waals surface area contributed by atoms with Crippen molar-refractivity contribution in [3.8, 4) is 5.75 Å². The highest BCUT2D eigenvalue weighted by molar-refractivity contribution is 6.06. The number of ketones is 1. The predicted molar refractivity (Wildman–Crippen MR) is 94.4 cm³/mol. The van der Waals surface area contributed by atoms with E-state index >= 15 is 0 Å². The first kappa shape index (κ1) is 17.0. The Hall–Kier alpha value is -2.89. The van der Waals surface area contributed by atoms with Crippen LogP contribution in [0.2, 0.25) is 0 Å². The number of carbonyl (C=O) groups is 2. The van der Waals surface area contributed by atoms with E-state index in [0.29, 0.717) is 42.1 Å². The molecule has 0 aliphatic heterocycles. The second-order valence-electron chi connectivity index (χ2n) is 6.25. The van der Waals surface area contributed by atoms with Crippen LogP contribution in [0, 0.1) is 5.92 Å². The van der Waals surface area contributed by atoms with E-state index < -0.39 is 11.5 Å². The molecule has 0 radical (unpaired) electrons. The molecule has 0 bridgehead atoms. The molecular weight excluding hydrogens is 320 g/mol. The standard InChI is InChI=1S/C19H20N2O4/c1-3-25-13-6-4-12(5-7-13)20-18(23)15-10-14-16(21-19(15)24)8-11(2)9-17(14)22/h4-7,10-11H,3,8-9H2,1-2H3,(H,20,23)(H,21,24)/t11-/m1/s1. The van der Waals surface area contributed by atoms with Gasteiger partial charge in [0, 0.05) is 23.4 Å². The van der Waals surface area contributed by atoms with E-state index in [2.05, 4.69) is 10.3 Å². The van der Waals surface area contributed by atoms with E-state index in [1.165, 1.54) is 6.07 Å². The Bertz CT molecular complexity index is 868. The van der Waals surface area contributed by atoms with E-state index in [4.69, 9.17) is 4.74 Å². The second-order valence-corrected chi connectivity index (χ2v) is 6.25. The van der Waals surface area contributed by atoms with Gasteiger partial charge in [-0.15, -0.1) is 0 Å². The number of benzene rings is 1. The Morgan fingerprint density at radius 2 is 1.96 bits per heavy atom. The predicted octanol–water partition coefficient (Wildman–Crippen LogP) is 2.79. The van der Waals surface area contributed by atoms with Gasteiger partial charge in [-0.25, -0.2) is 0 Å². The van der Waals surface area contributed by atoms with Gasteiger partial charge in [-0.05, 0) is 49.6 Å². The van der Waals surface area contributed by atoms with Crippen molar-refractivity contribution in [2.75, 3.05) is 11.9 Å². The maximum absolute atomic E-state index is 12.4. The minimum Gasteiger partial charge on any atom is -0.494 e. The van der Waals surface area contributed by atoms with Gasteiger partial charge in [0.1, 0.15) is 11.3 Å². The zero-order chi connectivity index (χ0) is 18.0. The van der Waals surface area contributed by atoms with Crippen LogP contribution < -0.4 is 15.6 Å². The van der Waals surface area contributed by atoms with Crippen LogP contribution in [0.5, 0.6) is 5.75 Å². The third-order valence-electron chi connectivity index (χ3n) is 4.18. The average Bonchev–Trinajstić information content (AvgIpc) is 2.56. The number of anilines is 1. The molecule has 2 N–H and O–H groups in total. The Balaban J connectivity index is 1.84. The first-order chi connectivity index (χ1) is 12.0. The number of ether oxygens (including phenoxy) is 1. The number of aromatic nitrogens is 1. The number of Topliss-reactive ketones (excluding diaryl/α,β-unsaturated/α-hetero) is 1. The number of amides is 1. The molecule has 0 unspecified atom stereocenters. The number of fused-ring (bicyclic) bond motifs is 1. The lowest BCUT2D eigenvalue weighted by Crippen LogP contribution is -2.29. The molecule has 2 aromatic rings. The van der Waals surface area contributed by atoms with Crippen LogP contribution in [0.4, 0.5) is 5.69 Å². The first-order valence-corrected chi connectivity index (χ1v) is 8.31. The van der Waals surface area contributed by atoms with Crippen LogP contribution in [0.15, 0.2) is 35.1 Å². The molecule has 1 aromatic heterocycles. The van der Waals surface area contributed by atoms with Crippen molar-refractivity contribution in [2.24, 2.45) is 5.92 Å². The number of H-pyrrole nitrogens is 1. The fourth-order valence-electron chi connectivity index (χ4n) is 2.99. The number of carbonyl (C=O) groups excluding carboxylic acids is 2. The molecule has 1 heterocycles. The molecule has 3 rings (SSSR count). The summed E-state index contributed by atoms with van der Waals surface area (Å²) in [6, 6.07) is 8.28. The molecule has 6 nitrogen and oxygen atoms in total. The number of rotatable bonds is 4. The molecule has 0 saturated carbocycles. The summed E-state index contributed by atoms with van der Waals surface area (Å²) in [6.07, 6.45) is 1.07. The highest BCUT2D eigenvalue weighted by Crippen LogP contribution is 2.23. The summed E-state index contributed by atoms with van der Waals surface area (Å²) < 4.78 is 5.35. The molecule has 1 amide bonds. The van der Waals surface area contributed by atoms with Crippen molar-refractivity contribution in [2.45, 2.75) is 26.7 Å². The Kier molecular flexibility index (Phi) is 4.70. The molecule has 25 heavy (non-hydrogen) atoms. The van der Waals surface area contributed by atoms with Gasteiger partial charge in [0.2, 0.25) is 0 Å². The normalized spacial score (nSPS) is 16.2. The highest BCUT2D eigenvalue weighted by Gasteiger charge is 2.25. The van der Waals surface area contributed by atoms with Gasteiger partial charge in [-0.1, -0.05) is 6.92 Å². The Morgan fingerprint density at radius 1 is 1.24 bits per heavy atom.